The lowest BCUT2D eigenvalue weighted by Crippen LogP contribution is -2.17. The molecule has 1 aliphatic heterocycles. The van der Waals surface area contributed by atoms with E-state index in [4.69, 9.17) is 0 Å². The second-order valence-corrected chi connectivity index (χ2v) is 4.39. The molecule has 1 aliphatic carbocycles. The Bertz CT molecular complexity index is 142. The number of nitrogens with zero attached hydrogens (tertiary/aromatic N) is 1. The molecule has 2 aliphatic rings. The summed E-state index contributed by atoms with van der Waals surface area (Å²) < 4.78 is 0. The molecule has 64 valence electrons. The van der Waals surface area contributed by atoms with Crippen LogP contribution in [-0.2, 0) is 0 Å². The highest BCUT2D eigenvalue weighted by Crippen LogP contribution is 2.42. The van der Waals surface area contributed by atoms with Gasteiger partial charge in [0.05, 0.1) is 0 Å². The van der Waals surface area contributed by atoms with Crippen LogP contribution in [0.3, 0.4) is 0 Å². The lowest BCUT2D eigenvalue weighted by atomic mass is 9.91. The van der Waals surface area contributed by atoms with E-state index >= 15 is 0 Å². The third-order valence-electron chi connectivity index (χ3n) is 3.71. The minimum Gasteiger partial charge on any atom is -0.306 e. The van der Waals surface area contributed by atoms with E-state index in [1.807, 2.05) is 0 Å². The van der Waals surface area contributed by atoms with E-state index in [1.165, 1.54) is 32.4 Å². The Morgan fingerprint density at radius 2 is 2.09 bits per heavy atom. The molecule has 0 aromatic rings. The fourth-order valence-corrected chi connectivity index (χ4v) is 3.11. The highest BCUT2D eigenvalue weighted by atomic mass is 15.1. The van der Waals surface area contributed by atoms with Gasteiger partial charge in [0.25, 0.3) is 0 Å². The Balaban J connectivity index is 2.01. The van der Waals surface area contributed by atoms with Gasteiger partial charge in [0.1, 0.15) is 0 Å². The fraction of sp³-hybridized carbons (Fsp3) is 1.00. The molecule has 0 bridgehead atoms. The molecule has 1 saturated carbocycles. The van der Waals surface area contributed by atoms with Crippen LogP contribution in [-0.4, -0.2) is 25.0 Å². The molecule has 1 heterocycles. The van der Waals surface area contributed by atoms with Crippen molar-refractivity contribution in [3.63, 3.8) is 0 Å². The quantitative estimate of drug-likeness (QED) is 0.557. The molecule has 1 unspecified atom stereocenters. The van der Waals surface area contributed by atoms with E-state index in [-0.39, 0.29) is 0 Å². The highest BCUT2D eigenvalue weighted by molar-refractivity contribution is 4.91. The molecule has 3 atom stereocenters. The Labute approximate surface area is 69.8 Å². The van der Waals surface area contributed by atoms with E-state index in [2.05, 4.69) is 18.9 Å². The van der Waals surface area contributed by atoms with Crippen molar-refractivity contribution in [2.24, 2.45) is 17.8 Å². The highest BCUT2D eigenvalue weighted by Gasteiger charge is 2.40. The molecule has 1 nitrogen and oxygen atoms in total. The first-order valence-corrected chi connectivity index (χ1v) is 4.99. The second kappa shape index (κ2) is 2.78. The summed E-state index contributed by atoms with van der Waals surface area (Å²) in [5, 5.41) is 0. The molecule has 0 N–H and O–H groups in total. The Hall–Kier alpha value is -0.0400. The summed E-state index contributed by atoms with van der Waals surface area (Å²) in [6, 6.07) is 0. The lowest BCUT2D eigenvalue weighted by Gasteiger charge is -2.16. The molecule has 0 amide bonds. The topological polar surface area (TPSA) is 3.24 Å². The van der Waals surface area contributed by atoms with Crippen molar-refractivity contribution >= 4 is 0 Å². The van der Waals surface area contributed by atoms with E-state index in [0.717, 1.165) is 17.8 Å². The van der Waals surface area contributed by atoms with Crippen molar-refractivity contribution in [2.45, 2.75) is 26.2 Å². The molecule has 0 aromatic heterocycles. The predicted molar refractivity (Wildman–Crippen MR) is 47.5 cm³/mol. The van der Waals surface area contributed by atoms with Crippen molar-refractivity contribution in [3.05, 3.63) is 0 Å². The molecule has 0 aromatic carbocycles. The van der Waals surface area contributed by atoms with Crippen molar-refractivity contribution < 1.29 is 0 Å². The van der Waals surface area contributed by atoms with E-state index in [9.17, 15) is 0 Å². The third-order valence-corrected chi connectivity index (χ3v) is 3.71. The summed E-state index contributed by atoms with van der Waals surface area (Å²) in [4.78, 5) is 2.51. The number of hydrogen-bond acceptors (Lipinski definition) is 1. The summed E-state index contributed by atoms with van der Waals surface area (Å²) in [6.07, 6.45) is 4.43. The van der Waals surface area contributed by atoms with Gasteiger partial charge in [-0.05, 0) is 37.6 Å². The zero-order valence-electron chi connectivity index (χ0n) is 7.71. The first-order chi connectivity index (χ1) is 5.31. The van der Waals surface area contributed by atoms with E-state index in [0.29, 0.717) is 0 Å². The average Bonchev–Trinajstić information content (AvgIpc) is 2.45. The summed E-state index contributed by atoms with van der Waals surface area (Å²) in [7, 11) is 2.27. The maximum absolute atomic E-state index is 2.51. The Morgan fingerprint density at radius 3 is 2.82 bits per heavy atom. The predicted octanol–water partition coefficient (Wildman–Crippen LogP) is 1.98. The van der Waals surface area contributed by atoms with Crippen molar-refractivity contribution in [2.75, 3.05) is 20.1 Å². The van der Waals surface area contributed by atoms with Gasteiger partial charge in [-0.3, -0.25) is 0 Å². The summed E-state index contributed by atoms with van der Waals surface area (Å²) in [5.74, 6) is 3.18. The largest absolute Gasteiger partial charge is 0.306 e. The van der Waals surface area contributed by atoms with Gasteiger partial charge in [0, 0.05) is 13.1 Å². The van der Waals surface area contributed by atoms with Crippen LogP contribution in [0.1, 0.15) is 26.2 Å². The molecule has 0 spiro atoms. The van der Waals surface area contributed by atoms with E-state index < -0.39 is 0 Å². The first kappa shape index (κ1) is 7.60. The summed E-state index contributed by atoms with van der Waals surface area (Å²) in [5.41, 5.74) is 0. The number of hydrogen-bond donors (Lipinski definition) is 0. The SMILES string of the molecule is CCC1CC[C@@H]2CN(C)C[C@H]12. The van der Waals surface area contributed by atoms with Crippen LogP contribution >= 0.6 is 0 Å². The Morgan fingerprint density at radius 1 is 1.27 bits per heavy atom. The molecule has 2 fully saturated rings. The molecule has 11 heavy (non-hydrogen) atoms. The van der Waals surface area contributed by atoms with Gasteiger partial charge in [-0.2, -0.15) is 0 Å². The van der Waals surface area contributed by atoms with Gasteiger partial charge >= 0.3 is 0 Å². The standard InChI is InChI=1S/C10H19N/c1-3-8-4-5-9-6-11(2)7-10(8)9/h8-10H,3-7H2,1-2H3/t8?,9-,10-/m1/s1. The van der Waals surface area contributed by atoms with Crippen LogP contribution in [0.2, 0.25) is 0 Å². The van der Waals surface area contributed by atoms with E-state index in [1.54, 1.807) is 0 Å². The summed E-state index contributed by atoms with van der Waals surface area (Å²) in [6.45, 7) is 5.11. The molecule has 1 saturated heterocycles. The number of rotatable bonds is 1. The molecular weight excluding hydrogens is 134 g/mol. The number of fused-ring (bicyclic) bond motifs is 1. The molecule has 1 heteroatoms. The van der Waals surface area contributed by atoms with Gasteiger partial charge < -0.3 is 4.90 Å². The van der Waals surface area contributed by atoms with Crippen LogP contribution in [0.25, 0.3) is 0 Å². The van der Waals surface area contributed by atoms with Crippen molar-refractivity contribution in [1.82, 2.24) is 4.90 Å². The molecular formula is C10H19N. The maximum Gasteiger partial charge on any atom is 0.00125 e. The zero-order chi connectivity index (χ0) is 7.84. The minimum atomic E-state index is 1.06. The zero-order valence-corrected chi connectivity index (χ0v) is 7.71. The van der Waals surface area contributed by atoms with Crippen LogP contribution in [0.5, 0.6) is 0 Å². The van der Waals surface area contributed by atoms with Crippen LogP contribution < -0.4 is 0 Å². The normalized spacial score (nSPS) is 44.7. The smallest absolute Gasteiger partial charge is 0.00125 e. The van der Waals surface area contributed by atoms with Crippen LogP contribution in [0.15, 0.2) is 0 Å². The number of likely N-dealkylation sites (tertiary alicyclic amines) is 1. The summed E-state index contributed by atoms with van der Waals surface area (Å²) >= 11 is 0. The average molecular weight is 153 g/mol. The second-order valence-electron chi connectivity index (χ2n) is 4.39. The molecule has 2 rings (SSSR count). The van der Waals surface area contributed by atoms with Crippen LogP contribution in [0, 0.1) is 17.8 Å². The van der Waals surface area contributed by atoms with Gasteiger partial charge in [0.15, 0.2) is 0 Å². The van der Waals surface area contributed by atoms with Gasteiger partial charge in [-0.1, -0.05) is 13.3 Å². The van der Waals surface area contributed by atoms with Gasteiger partial charge in [0.2, 0.25) is 0 Å². The lowest BCUT2D eigenvalue weighted by molar-refractivity contribution is 0.326. The van der Waals surface area contributed by atoms with Gasteiger partial charge in [-0.25, -0.2) is 0 Å². The fourth-order valence-electron chi connectivity index (χ4n) is 3.11. The third kappa shape index (κ3) is 1.20. The first-order valence-electron chi connectivity index (χ1n) is 4.99. The minimum absolute atomic E-state index is 1.06. The monoisotopic (exact) mass is 153 g/mol. The van der Waals surface area contributed by atoms with Gasteiger partial charge in [-0.15, -0.1) is 0 Å². The van der Waals surface area contributed by atoms with Crippen LogP contribution in [0.4, 0.5) is 0 Å². The Kier molecular flexibility index (Phi) is 1.92. The van der Waals surface area contributed by atoms with Crippen molar-refractivity contribution in [3.8, 4) is 0 Å². The van der Waals surface area contributed by atoms with Crippen molar-refractivity contribution in [1.29, 1.82) is 0 Å². The maximum atomic E-state index is 2.51. The molecule has 0 radical (unpaired) electrons.